The van der Waals surface area contributed by atoms with Crippen LogP contribution >= 0.6 is 0 Å². The third-order valence-electron chi connectivity index (χ3n) is 7.65. The number of unbranched alkanes of at least 4 members (excludes halogenated alkanes) is 1. The molecule has 0 aliphatic heterocycles. The number of ketones is 1. The Kier molecular flexibility index (Phi) is 8.33. The third-order valence-corrected chi connectivity index (χ3v) is 7.65. The molecule has 1 saturated carbocycles. The molecule has 4 rings (SSSR count). The fourth-order valence-electron chi connectivity index (χ4n) is 5.65. The number of benzene rings is 2. The third kappa shape index (κ3) is 5.99. The molecule has 0 radical (unpaired) electrons. The minimum Gasteiger partial charge on any atom is -0.289 e. The highest BCUT2D eigenvalue weighted by Gasteiger charge is 2.34. The Hall–Kier alpha value is -3.00. The molecule has 0 N–H and O–H groups in total. The highest BCUT2D eigenvalue weighted by Crippen LogP contribution is 2.43. The molecule has 1 nitrogen and oxygen atoms in total. The zero-order valence-electron chi connectivity index (χ0n) is 21.0. The van der Waals surface area contributed by atoms with E-state index in [1.807, 2.05) is 12.1 Å². The van der Waals surface area contributed by atoms with E-state index in [1.54, 1.807) is 12.1 Å². The van der Waals surface area contributed by atoms with E-state index >= 15 is 0 Å². The lowest BCUT2D eigenvalue weighted by molar-refractivity contribution is 0.101. The van der Waals surface area contributed by atoms with E-state index in [0.717, 1.165) is 85.6 Å². The number of aryl methyl sites for hydroxylation is 2. The van der Waals surface area contributed by atoms with E-state index in [1.165, 1.54) is 17.2 Å². The molecule has 0 heterocycles. The number of Topliss-reactive ketones (excluding diaryl/α,β-unsaturated/α-hetero) is 1. The summed E-state index contributed by atoms with van der Waals surface area (Å²) in [4.78, 5) is 13.8. The van der Waals surface area contributed by atoms with Gasteiger partial charge in [-0.15, -0.1) is 0 Å². The number of halogens is 1. The molecule has 2 aliphatic carbocycles. The Morgan fingerprint density at radius 1 is 1.11 bits per heavy atom. The Morgan fingerprint density at radius 3 is 2.71 bits per heavy atom. The van der Waals surface area contributed by atoms with Gasteiger partial charge in [0, 0.05) is 5.56 Å². The maximum atomic E-state index is 13.8. The molecule has 2 atom stereocenters. The molecule has 182 valence electrons. The molecule has 0 spiro atoms. The minimum absolute atomic E-state index is 0.0782. The van der Waals surface area contributed by atoms with Crippen molar-refractivity contribution in [1.29, 1.82) is 0 Å². The van der Waals surface area contributed by atoms with Gasteiger partial charge in [-0.2, -0.15) is 0 Å². The highest BCUT2D eigenvalue weighted by atomic mass is 19.1. The summed E-state index contributed by atoms with van der Waals surface area (Å²) in [5, 5.41) is 0. The van der Waals surface area contributed by atoms with Crippen LogP contribution in [0, 0.1) is 17.7 Å². The fourth-order valence-corrected chi connectivity index (χ4v) is 5.65. The molecular weight excluding hydrogens is 431 g/mol. The second kappa shape index (κ2) is 11.6. The summed E-state index contributed by atoms with van der Waals surface area (Å²) in [6, 6.07) is 13.0. The second-order valence-corrected chi connectivity index (χ2v) is 10.1. The summed E-state index contributed by atoms with van der Waals surface area (Å²) in [6.45, 7) is 10.8. The first-order valence-electron chi connectivity index (χ1n) is 13.1. The molecule has 2 aliphatic rings. The van der Waals surface area contributed by atoms with Crippen LogP contribution in [0.15, 0.2) is 85.0 Å². The van der Waals surface area contributed by atoms with Crippen molar-refractivity contribution < 1.29 is 9.18 Å². The molecule has 1 fully saturated rings. The maximum absolute atomic E-state index is 13.8. The molecule has 0 aromatic heterocycles. The molecule has 2 heteroatoms. The van der Waals surface area contributed by atoms with E-state index in [4.69, 9.17) is 0 Å². The Bertz CT molecular complexity index is 1170. The first-order valence-corrected chi connectivity index (χ1v) is 13.1. The standard InChI is InChI=1S/C33H37FO/c1-4-5-16-30-23(2)17-19-31(30)24(3)33(35)32-20-18-27(26-12-6-7-13-26)22-28(32)14-8-10-25-11-9-15-29(34)21-25/h6,9,11-13,15,18,20-22,30-31H,2-5,7-8,10,14,16-17,19H2,1H3. The largest absolute Gasteiger partial charge is 0.289 e. The van der Waals surface area contributed by atoms with Gasteiger partial charge in [0.1, 0.15) is 5.82 Å². The van der Waals surface area contributed by atoms with Crippen LogP contribution in [0.4, 0.5) is 4.39 Å². The predicted octanol–water partition coefficient (Wildman–Crippen LogP) is 8.86. The van der Waals surface area contributed by atoms with Crippen LogP contribution < -0.4 is 0 Å². The topological polar surface area (TPSA) is 17.1 Å². The summed E-state index contributed by atoms with van der Waals surface area (Å²) < 4.78 is 13.6. The van der Waals surface area contributed by atoms with Crippen LogP contribution in [0.5, 0.6) is 0 Å². The van der Waals surface area contributed by atoms with Gasteiger partial charge in [-0.05, 0) is 96.8 Å². The molecule has 35 heavy (non-hydrogen) atoms. The van der Waals surface area contributed by atoms with Gasteiger partial charge >= 0.3 is 0 Å². The zero-order valence-corrected chi connectivity index (χ0v) is 21.0. The van der Waals surface area contributed by atoms with Gasteiger partial charge in [-0.3, -0.25) is 4.79 Å². The van der Waals surface area contributed by atoms with Crippen LogP contribution in [0.1, 0.15) is 78.9 Å². The van der Waals surface area contributed by atoms with Crippen LogP contribution in [-0.2, 0) is 12.8 Å². The van der Waals surface area contributed by atoms with Gasteiger partial charge < -0.3 is 0 Å². The first-order chi connectivity index (χ1) is 17.0. The van der Waals surface area contributed by atoms with Crippen LogP contribution in [-0.4, -0.2) is 5.78 Å². The molecule has 2 unspecified atom stereocenters. The van der Waals surface area contributed by atoms with E-state index in [0.29, 0.717) is 5.92 Å². The van der Waals surface area contributed by atoms with E-state index in [9.17, 15) is 9.18 Å². The lowest BCUT2D eigenvalue weighted by atomic mass is 9.80. The fraction of sp³-hybridized carbons (Fsp3) is 0.364. The van der Waals surface area contributed by atoms with Gasteiger partial charge in [-0.1, -0.05) is 87.1 Å². The molecule has 0 amide bonds. The van der Waals surface area contributed by atoms with Crippen molar-refractivity contribution in [3.8, 4) is 0 Å². The molecule has 2 aromatic rings. The van der Waals surface area contributed by atoms with Crippen molar-refractivity contribution in [2.75, 3.05) is 0 Å². The Balaban J connectivity index is 1.56. The number of hydrogen-bond donors (Lipinski definition) is 0. The second-order valence-electron chi connectivity index (χ2n) is 10.1. The molecule has 2 aromatic carbocycles. The summed E-state index contributed by atoms with van der Waals surface area (Å²) in [6.07, 6.45) is 15.2. The van der Waals surface area contributed by atoms with Gasteiger partial charge in [0.2, 0.25) is 0 Å². The lowest BCUT2D eigenvalue weighted by Crippen LogP contribution is -2.18. The van der Waals surface area contributed by atoms with Crippen molar-refractivity contribution in [2.45, 2.75) is 64.7 Å². The number of allylic oxidation sites excluding steroid dienone is 6. The van der Waals surface area contributed by atoms with Crippen LogP contribution in [0.2, 0.25) is 0 Å². The van der Waals surface area contributed by atoms with Gasteiger partial charge in [0.15, 0.2) is 5.78 Å². The summed E-state index contributed by atoms with van der Waals surface area (Å²) >= 11 is 0. The number of rotatable bonds is 11. The molecular formula is C33H37FO. The zero-order chi connectivity index (χ0) is 24.8. The molecule has 0 saturated heterocycles. The summed E-state index contributed by atoms with van der Waals surface area (Å²) in [5.41, 5.74) is 7.20. The van der Waals surface area contributed by atoms with E-state index in [2.05, 4.69) is 50.4 Å². The van der Waals surface area contributed by atoms with Gasteiger partial charge in [0.05, 0.1) is 0 Å². The quantitative estimate of drug-likeness (QED) is 0.183. The van der Waals surface area contributed by atoms with Crippen LogP contribution in [0.3, 0.4) is 0 Å². The minimum atomic E-state index is -0.201. The van der Waals surface area contributed by atoms with Crippen molar-refractivity contribution in [2.24, 2.45) is 11.8 Å². The predicted molar refractivity (Wildman–Crippen MR) is 145 cm³/mol. The van der Waals surface area contributed by atoms with Gasteiger partial charge in [0.25, 0.3) is 0 Å². The SMILES string of the molecule is C=C1CCC(C(=C)C(=O)c2ccc(C3=CCC=C3)cc2CCCc2cccc(F)c2)C1CCCC. The Labute approximate surface area is 210 Å². The average molecular weight is 469 g/mol. The normalized spacial score (nSPS) is 19.3. The number of hydrogen-bond acceptors (Lipinski definition) is 1. The first kappa shape index (κ1) is 25.1. The van der Waals surface area contributed by atoms with Crippen LogP contribution in [0.25, 0.3) is 5.57 Å². The highest BCUT2D eigenvalue weighted by molar-refractivity contribution is 6.10. The van der Waals surface area contributed by atoms with Gasteiger partial charge in [-0.25, -0.2) is 4.39 Å². The average Bonchev–Trinajstić information content (AvgIpc) is 3.52. The summed E-state index contributed by atoms with van der Waals surface area (Å²) in [7, 11) is 0. The Morgan fingerprint density at radius 2 is 1.97 bits per heavy atom. The van der Waals surface area contributed by atoms with Crippen molar-refractivity contribution in [3.05, 3.63) is 113 Å². The molecule has 0 bridgehead atoms. The lowest BCUT2D eigenvalue weighted by Gasteiger charge is -2.23. The number of carbonyl (C=O) groups is 1. The maximum Gasteiger partial charge on any atom is 0.188 e. The van der Waals surface area contributed by atoms with Crippen molar-refractivity contribution in [3.63, 3.8) is 0 Å². The smallest absolute Gasteiger partial charge is 0.188 e. The van der Waals surface area contributed by atoms with Crippen molar-refractivity contribution in [1.82, 2.24) is 0 Å². The monoisotopic (exact) mass is 468 g/mol. The van der Waals surface area contributed by atoms with E-state index < -0.39 is 0 Å². The van der Waals surface area contributed by atoms with Crippen molar-refractivity contribution >= 4 is 11.4 Å². The summed E-state index contributed by atoms with van der Waals surface area (Å²) in [5.74, 6) is 0.444. The number of carbonyl (C=O) groups excluding carboxylic acids is 1. The van der Waals surface area contributed by atoms with E-state index in [-0.39, 0.29) is 17.5 Å².